The van der Waals surface area contributed by atoms with Gasteiger partial charge in [0.1, 0.15) is 0 Å². The average molecular weight is 324 g/mol. The molecule has 0 saturated carbocycles. The standard InChI is InChI=1S/C18H20N4S/c1-3-22(4-2)16-9-7-14(8-10-16)17-13-23-18(21-17)20-15-6-5-11-19-12-15/h5-13H,3-4H2,1-2H3,(H,20,21). The molecule has 2 heterocycles. The van der Waals surface area contributed by atoms with Gasteiger partial charge in [0, 0.05) is 35.9 Å². The summed E-state index contributed by atoms with van der Waals surface area (Å²) in [6.07, 6.45) is 3.55. The third-order valence-corrected chi connectivity index (χ3v) is 4.47. The van der Waals surface area contributed by atoms with Crippen LogP contribution in [-0.4, -0.2) is 23.1 Å². The van der Waals surface area contributed by atoms with Crippen molar-refractivity contribution in [2.24, 2.45) is 0 Å². The van der Waals surface area contributed by atoms with E-state index in [-0.39, 0.29) is 0 Å². The highest BCUT2D eigenvalue weighted by molar-refractivity contribution is 7.14. The summed E-state index contributed by atoms with van der Waals surface area (Å²) in [5.74, 6) is 0. The first-order chi connectivity index (χ1) is 11.3. The van der Waals surface area contributed by atoms with Crippen molar-refractivity contribution in [3.05, 3.63) is 54.2 Å². The molecule has 3 aromatic rings. The fraction of sp³-hybridized carbons (Fsp3) is 0.222. The first-order valence-corrected chi connectivity index (χ1v) is 8.66. The zero-order valence-electron chi connectivity index (χ0n) is 13.4. The number of pyridine rings is 1. The van der Waals surface area contributed by atoms with Crippen molar-refractivity contribution in [3.8, 4) is 11.3 Å². The summed E-state index contributed by atoms with van der Waals surface area (Å²) in [7, 11) is 0. The van der Waals surface area contributed by atoms with E-state index in [0.29, 0.717) is 0 Å². The molecular formula is C18H20N4S. The summed E-state index contributed by atoms with van der Waals surface area (Å²) in [5.41, 5.74) is 4.33. The first kappa shape index (κ1) is 15.5. The van der Waals surface area contributed by atoms with Gasteiger partial charge in [0.25, 0.3) is 0 Å². The van der Waals surface area contributed by atoms with Crippen LogP contribution in [0.5, 0.6) is 0 Å². The van der Waals surface area contributed by atoms with E-state index in [2.05, 4.69) is 63.7 Å². The van der Waals surface area contributed by atoms with Gasteiger partial charge in [-0.15, -0.1) is 11.3 Å². The van der Waals surface area contributed by atoms with Crippen molar-refractivity contribution in [2.45, 2.75) is 13.8 Å². The van der Waals surface area contributed by atoms with Crippen LogP contribution >= 0.6 is 11.3 Å². The van der Waals surface area contributed by atoms with Gasteiger partial charge in [-0.3, -0.25) is 4.98 Å². The number of thiazole rings is 1. The largest absolute Gasteiger partial charge is 0.372 e. The maximum Gasteiger partial charge on any atom is 0.187 e. The monoisotopic (exact) mass is 324 g/mol. The molecule has 4 nitrogen and oxygen atoms in total. The Morgan fingerprint density at radius 2 is 1.87 bits per heavy atom. The Kier molecular flexibility index (Phi) is 4.88. The molecule has 0 aliphatic rings. The van der Waals surface area contributed by atoms with Gasteiger partial charge in [-0.2, -0.15) is 0 Å². The lowest BCUT2D eigenvalue weighted by molar-refractivity contribution is 0.866. The lowest BCUT2D eigenvalue weighted by Crippen LogP contribution is -2.21. The Labute approximate surface area is 140 Å². The molecule has 0 radical (unpaired) electrons. The average Bonchev–Trinajstić information content (AvgIpc) is 3.06. The summed E-state index contributed by atoms with van der Waals surface area (Å²) in [5, 5.41) is 6.23. The highest BCUT2D eigenvalue weighted by Crippen LogP contribution is 2.28. The smallest absolute Gasteiger partial charge is 0.187 e. The van der Waals surface area contributed by atoms with Gasteiger partial charge >= 0.3 is 0 Å². The molecule has 118 valence electrons. The van der Waals surface area contributed by atoms with Gasteiger partial charge in [-0.25, -0.2) is 4.98 Å². The van der Waals surface area contributed by atoms with Gasteiger partial charge in [0.05, 0.1) is 17.6 Å². The van der Waals surface area contributed by atoms with Crippen LogP contribution < -0.4 is 10.2 Å². The van der Waals surface area contributed by atoms with Crippen molar-refractivity contribution in [3.63, 3.8) is 0 Å². The van der Waals surface area contributed by atoms with Gasteiger partial charge in [0.15, 0.2) is 5.13 Å². The molecule has 1 N–H and O–H groups in total. The molecule has 2 aromatic heterocycles. The first-order valence-electron chi connectivity index (χ1n) is 7.78. The van der Waals surface area contributed by atoms with Crippen LogP contribution in [0.15, 0.2) is 54.2 Å². The lowest BCUT2D eigenvalue weighted by atomic mass is 10.1. The van der Waals surface area contributed by atoms with E-state index in [1.165, 1.54) is 5.69 Å². The van der Waals surface area contributed by atoms with E-state index < -0.39 is 0 Å². The second kappa shape index (κ2) is 7.24. The minimum Gasteiger partial charge on any atom is -0.372 e. The van der Waals surface area contributed by atoms with Crippen molar-refractivity contribution in [1.82, 2.24) is 9.97 Å². The Morgan fingerprint density at radius 3 is 2.52 bits per heavy atom. The normalized spacial score (nSPS) is 10.5. The maximum absolute atomic E-state index is 4.66. The van der Waals surface area contributed by atoms with Gasteiger partial charge in [-0.05, 0) is 38.1 Å². The molecule has 0 atom stereocenters. The minimum atomic E-state index is 0.876. The third-order valence-electron chi connectivity index (χ3n) is 3.71. The van der Waals surface area contributed by atoms with E-state index in [1.807, 2.05) is 12.1 Å². The Bertz CT molecular complexity index is 733. The molecule has 0 aliphatic heterocycles. The summed E-state index contributed by atoms with van der Waals surface area (Å²) in [6, 6.07) is 12.5. The molecule has 0 aliphatic carbocycles. The number of aromatic nitrogens is 2. The van der Waals surface area contributed by atoms with Crippen molar-refractivity contribution < 1.29 is 0 Å². The Hall–Kier alpha value is -2.40. The molecule has 0 spiro atoms. The molecule has 0 unspecified atom stereocenters. The van der Waals surface area contributed by atoms with Crippen LogP contribution in [0.1, 0.15) is 13.8 Å². The van der Waals surface area contributed by atoms with E-state index >= 15 is 0 Å². The van der Waals surface area contributed by atoms with Crippen LogP contribution in [0.4, 0.5) is 16.5 Å². The van der Waals surface area contributed by atoms with Crippen molar-refractivity contribution in [1.29, 1.82) is 0 Å². The molecule has 0 saturated heterocycles. The van der Waals surface area contributed by atoms with Crippen LogP contribution in [-0.2, 0) is 0 Å². The van der Waals surface area contributed by atoms with E-state index in [4.69, 9.17) is 0 Å². The second-order valence-electron chi connectivity index (χ2n) is 5.12. The number of nitrogens with zero attached hydrogens (tertiary/aromatic N) is 3. The van der Waals surface area contributed by atoms with Gasteiger partial charge in [-0.1, -0.05) is 12.1 Å². The number of nitrogens with one attached hydrogen (secondary N) is 1. The third kappa shape index (κ3) is 3.68. The summed E-state index contributed by atoms with van der Waals surface area (Å²) in [6.45, 7) is 6.39. The fourth-order valence-electron chi connectivity index (χ4n) is 2.46. The summed E-state index contributed by atoms with van der Waals surface area (Å²) >= 11 is 1.60. The van der Waals surface area contributed by atoms with E-state index in [1.54, 1.807) is 23.7 Å². The zero-order chi connectivity index (χ0) is 16.1. The van der Waals surface area contributed by atoms with E-state index in [9.17, 15) is 0 Å². The molecular weight excluding hydrogens is 304 g/mol. The molecule has 1 aromatic carbocycles. The van der Waals surface area contributed by atoms with Gasteiger partial charge in [0.2, 0.25) is 0 Å². The molecule has 3 rings (SSSR count). The fourth-order valence-corrected chi connectivity index (χ4v) is 3.20. The van der Waals surface area contributed by atoms with Gasteiger partial charge < -0.3 is 10.2 Å². The topological polar surface area (TPSA) is 41.0 Å². The van der Waals surface area contributed by atoms with Crippen LogP contribution in [0.2, 0.25) is 0 Å². The van der Waals surface area contributed by atoms with Crippen LogP contribution in [0, 0.1) is 0 Å². The maximum atomic E-state index is 4.66. The van der Waals surface area contributed by atoms with Crippen LogP contribution in [0.3, 0.4) is 0 Å². The number of hydrogen-bond acceptors (Lipinski definition) is 5. The summed E-state index contributed by atoms with van der Waals surface area (Å²) < 4.78 is 0. The molecule has 0 amide bonds. The SMILES string of the molecule is CCN(CC)c1ccc(-c2csc(Nc3cccnc3)n2)cc1. The highest BCUT2D eigenvalue weighted by atomic mass is 32.1. The second-order valence-corrected chi connectivity index (χ2v) is 5.98. The molecule has 5 heteroatoms. The number of rotatable bonds is 6. The quantitative estimate of drug-likeness (QED) is 0.707. The summed E-state index contributed by atoms with van der Waals surface area (Å²) in [4.78, 5) is 11.1. The predicted octanol–water partition coefficient (Wildman–Crippen LogP) is 4.79. The molecule has 0 fully saturated rings. The lowest BCUT2D eigenvalue weighted by Gasteiger charge is -2.20. The van der Waals surface area contributed by atoms with Crippen LogP contribution in [0.25, 0.3) is 11.3 Å². The highest BCUT2D eigenvalue weighted by Gasteiger charge is 2.06. The Morgan fingerprint density at radius 1 is 1.09 bits per heavy atom. The minimum absolute atomic E-state index is 0.876. The Balaban J connectivity index is 1.75. The number of benzene rings is 1. The zero-order valence-corrected chi connectivity index (χ0v) is 14.2. The van der Waals surface area contributed by atoms with E-state index in [0.717, 1.165) is 35.2 Å². The number of anilines is 3. The predicted molar refractivity (Wildman–Crippen MR) is 98.6 cm³/mol. The molecule has 0 bridgehead atoms. The van der Waals surface area contributed by atoms with Crippen molar-refractivity contribution in [2.75, 3.05) is 23.3 Å². The van der Waals surface area contributed by atoms with Crippen molar-refractivity contribution >= 4 is 27.8 Å². The number of hydrogen-bond donors (Lipinski definition) is 1. The molecule has 23 heavy (non-hydrogen) atoms.